The molecule has 0 spiro atoms. The van der Waals surface area contributed by atoms with Crippen LogP contribution in [0.15, 0.2) is 30.3 Å². The zero-order valence-corrected chi connectivity index (χ0v) is 21.7. The maximum absolute atomic E-state index is 13.2. The molecule has 1 aromatic rings. The molecule has 0 heterocycles. The van der Waals surface area contributed by atoms with Crippen LogP contribution in [0, 0.1) is 17.8 Å². The summed E-state index contributed by atoms with van der Waals surface area (Å²) in [6.07, 6.45) is 1.51. The SMILES string of the molecule is CCC(C)C(NC(=O)C(NC(=O)C(NC(=O)C(N)Cc1ccccc1)C(C)CC)C(C)C)C(=O)O. The highest BCUT2D eigenvalue weighted by atomic mass is 16.4. The molecule has 35 heavy (non-hydrogen) atoms. The molecule has 1 aromatic carbocycles. The van der Waals surface area contributed by atoms with Crippen LogP contribution in [0.4, 0.5) is 0 Å². The average Bonchev–Trinajstić information content (AvgIpc) is 2.82. The van der Waals surface area contributed by atoms with E-state index in [1.807, 2.05) is 51.1 Å². The van der Waals surface area contributed by atoms with Crippen molar-refractivity contribution in [2.24, 2.45) is 23.5 Å². The zero-order chi connectivity index (χ0) is 26.7. The fourth-order valence-electron chi connectivity index (χ4n) is 3.63. The van der Waals surface area contributed by atoms with Gasteiger partial charge in [-0.3, -0.25) is 14.4 Å². The molecule has 6 N–H and O–H groups in total. The van der Waals surface area contributed by atoms with E-state index >= 15 is 0 Å². The average molecular weight is 491 g/mol. The zero-order valence-electron chi connectivity index (χ0n) is 21.7. The summed E-state index contributed by atoms with van der Waals surface area (Å²) in [5, 5.41) is 17.6. The van der Waals surface area contributed by atoms with E-state index in [4.69, 9.17) is 5.73 Å². The van der Waals surface area contributed by atoms with Gasteiger partial charge in [-0.25, -0.2) is 4.79 Å². The number of hydrogen-bond donors (Lipinski definition) is 5. The largest absolute Gasteiger partial charge is 0.480 e. The van der Waals surface area contributed by atoms with Crippen LogP contribution in [-0.2, 0) is 25.6 Å². The fraction of sp³-hybridized carbons (Fsp3) is 0.615. The molecule has 9 heteroatoms. The molecular weight excluding hydrogens is 448 g/mol. The fourth-order valence-corrected chi connectivity index (χ4v) is 3.63. The lowest BCUT2D eigenvalue weighted by Crippen LogP contribution is -2.60. The van der Waals surface area contributed by atoms with E-state index in [1.165, 1.54) is 0 Å². The highest BCUT2D eigenvalue weighted by Gasteiger charge is 2.34. The van der Waals surface area contributed by atoms with Gasteiger partial charge in [0.15, 0.2) is 0 Å². The van der Waals surface area contributed by atoms with Crippen molar-refractivity contribution in [3.05, 3.63) is 35.9 Å². The molecule has 0 saturated carbocycles. The second-order valence-electron chi connectivity index (χ2n) is 9.61. The predicted molar refractivity (Wildman–Crippen MR) is 135 cm³/mol. The van der Waals surface area contributed by atoms with E-state index in [1.54, 1.807) is 20.8 Å². The first-order chi connectivity index (χ1) is 16.4. The number of amides is 3. The van der Waals surface area contributed by atoms with E-state index in [2.05, 4.69) is 16.0 Å². The Morgan fingerprint density at radius 2 is 1.23 bits per heavy atom. The molecule has 1 rings (SSSR count). The number of aliphatic carboxylic acids is 1. The Bertz CT molecular complexity index is 845. The number of carbonyl (C=O) groups excluding carboxylic acids is 3. The van der Waals surface area contributed by atoms with Crippen molar-refractivity contribution in [1.82, 2.24) is 16.0 Å². The van der Waals surface area contributed by atoms with Crippen LogP contribution in [0.2, 0.25) is 0 Å². The molecule has 196 valence electrons. The predicted octanol–water partition coefficient (Wildman–Crippen LogP) is 1.84. The quantitative estimate of drug-likeness (QED) is 0.268. The first-order valence-corrected chi connectivity index (χ1v) is 12.4. The molecule has 0 aliphatic carbocycles. The summed E-state index contributed by atoms with van der Waals surface area (Å²) in [4.78, 5) is 50.6. The molecule has 0 aromatic heterocycles. The van der Waals surface area contributed by atoms with Gasteiger partial charge in [0.2, 0.25) is 17.7 Å². The summed E-state index contributed by atoms with van der Waals surface area (Å²) in [5.74, 6) is -3.47. The van der Waals surface area contributed by atoms with Crippen molar-refractivity contribution in [1.29, 1.82) is 0 Å². The molecule has 9 nitrogen and oxygen atoms in total. The van der Waals surface area contributed by atoms with E-state index in [-0.39, 0.29) is 17.8 Å². The minimum Gasteiger partial charge on any atom is -0.480 e. The summed E-state index contributed by atoms with van der Waals surface area (Å²) in [6.45, 7) is 10.8. The Morgan fingerprint density at radius 3 is 1.71 bits per heavy atom. The summed E-state index contributed by atoms with van der Waals surface area (Å²) >= 11 is 0. The molecule has 3 amide bonds. The number of carboxylic acid groups (broad SMARTS) is 1. The second kappa shape index (κ2) is 14.5. The van der Waals surface area contributed by atoms with Crippen molar-refractivity contribution in [2.45, 2.75) is 85.0 Å². The third-order valence-corrected chi connectivity index (χ3v) is 6.45. The van der Waals surface area contributed by atoms with Crippen LogP contribution in [0.25, 0.3) is 0 Å². The van der Waals surface area contributed by atoms with Gasteiger partial charge in [-0.05, 0) is 29.7 Å². The molecular formula is C26H42N4O5. The number of nitrogens with one attached hydrogen (secondary N) is 3. The topological polar surface area (TPSA) is 151 Å². The molecule has 0 aliphatic heterocycles. The smallest absolute Gasteiger partial charge is 0.326 e. The van der Waals surface area contributed by atoms with Crippen LogP contribution in [0.1, 0.15) is 59.9 Å². The van der Waals surface area contributed by atoms with Crippen molar-refractivity contribution in [3.63, 3.8) is 0 Å². The van der Waals surface area contributed by atoms with Gasteiger partial charge in [-0.2, -0.15) is 0 Å². The molecule has 0 saturated heterocycles. The maximum Gasteiger partial charge on any atom is 0.326 e. The third-order valence-electron chi connectivity index (χ3n) is 6.45. The van der Waals surface area contributed by atoms with E-state index in [0.29, 0.717) is 19.3 Å². The molecule has 0 fully saturated rings. The van der Waals surface area contributed by atoms with Crippen molar-refractivity contribution < 1.29 is 24.3 Å². The van der Waals surface area contributed by atoms with Crippen molar-refractivity contribution >= 4 is 23.7 Å². The van der Waals surface area contributed by atoms with Crippen LogP contribution in [0.3, 0.4) is 0 Å². The third kappa shape index (κ3) is 9.32. The van der Waals surface area contributed by atoms with Gasteiger partial charge in [-0.1, -0.05) is 84.7 Å². The van der Waals surface area contributed by atoms with Gasteiger partial charge in [-0.15, -0.1) is 0 Å². The van der Waals surface area contributed by atoms with Gasteiger partial charge < -0.3 is 26.8 Å². The van der Waals surface area contributed by atoms with Crippen LogP contribution in [0.5, 0.6) is 0 Å². The van der Waals surface area contributed by atoms with Gasteiger partial charge in [0.1, 0.15) is 18.1 Å². The number of rotatable bonds is 14. The standard InChI is InChI=1S/C26H42N4O5/c1-7-16(5)21(29-23(31)19(27)14-18-12-10-9-11-13-18)25(33)28-20(15(3)4)24(32)30-22(26(34)35)17(6)8-2/h9-13,15-17,19-22H,7-8,14,27H2,1-6H3,(H,28,33)(H,29,31)(H,30,32)(H,34,35). The van der Waals surface area contributed by atoms with Gasteiger partial charge in [0.05, 0.1) is 6.04 Å². The number of carbonyl (C=O) groups is 4. The first kappa shape index (κ1) is 30.1. The van der Waals surface area contributed by atoms with Crippen molar-refractivity contribution in [2.75, 3.05) is 0 Å². The lowest BCUT2D eigenvalue weighted by atomic mass is 9.95. The number of benzene rings is 1. The summed E-state index contributed by atoms with van der Waals surface area (Å²) in [5.41, 5.74) is 7.01. The second-order valence-corrected chi connectivity index (χ2v) is 9.61. The Balaban J connectivity index is 2.97. The van der Waals surface area contributed by atoms with Crippen molar-refractivity contribution in [3.8, 4) is 0 Å². The first-order valence-electron chi connectivity index (χ1n) is 12.4. The Hall–Kier alpha value is -2.94. The molecule has 0 radical (unpaired) electrons. The lowest BCUT2D eigenvalue weighted by molar-refractivity contribution is -0.144. The van der Waals surface area contributed by atoms with Gasteiger partial charge in [0, 0.05) is 0 Å². The molecule has 0 aliphatic rings. The van der Waals surface area contributed by atoms with Gasteiger partial charge in [0.25, 0.3) is 0 Å². The van der Waals surface area contributed by atoms with E-state index in [9.17, 15) is 24.3 Å². The normalized spacial score (nSPS) is 16.3. The highest BCUT2D eigenvalue weighted by Crippen LogP contribution is 2.13. The lowest BCUT2D eigenvalue weighted by Gasteiger charge is -2.30. The Kier molecular flexibility index (Phi) is 12.4. The monoisotopic (exact) mass is 490 g/mol. The highest BCUT2D eigenvalue weighted by molar-refractivity contribution is 5.94. The van der Waals surface area contributed by atoms with Crippen LogP contribution >= 0.6 is 0 Å². The van der Waals surface area contributed by atoms with Crippen LogP contribution < -0.4 is 21.7 Å². The molecule has 6 unspecified atom stereocenters. The molecule has 6 atom stereocenters. The van der Waals surface area contributed by atoms with Gasteiger partial charge >= 0.3 is 5.97 Å². The number of nitrogens with two attached hydrogens (primary N) is 1. The summed E-state index contributed by atoms with van der Waals surface area (Å²) < 4.78 is 0. The summed E-state index contributed by atoms with van der Waals surface area (Å²) in [7, 11) is 0. The van der Waals surface area contributed by atoms with E-state index in [0.717, 1.165) is 5.56 Å². The minimum absolute atomic E-state index is 0.217. The van der Waals surface area contributed by atoms with E-state index < -0.39 is 47.9 Å². The number of carboxylic acids is 1. The Labute approximate surface area is 208 Å². The summed E-state index contributed by atoms with van der Waals surface area (Å²) in [6, 6.07) is 5.60. The minimum atomic E-state index is -1.13. The molecule has 0 bridgehead atoms. The van der Waals surface area contributed by atoms with Crippen LogP contribution in [-0.4, -0.2) is 53.0 Å². The number of hydrogen-bond acceptors (Lipinski definition) is 5. The maximum atomic E-state index is 13.2. The Morgan fingerprint density at radius 1 is 0.771 bits per heavy atom.